The van der Waals surface area contributed by atoms with Crippen molar-refractivity contribution in [3.05, 3.63) is 0 Å². The highest BCUT2D eigenvalue weighted by Gasteiger charge is 2.24. The van der Waals surface area contributed by atoms with Crippen LogP contribution in [0.3, 0.4) is 0 Å². The minimum Gasteiger partial charge on any atom is -0.481 e. The summed E-state index contributed by atoms with van der Waals surface area (Å²) in [4.78, 5) is 32.7. The molecule has 0 radical (unpaired) electrons. The Morgan fingerprint density at radius 2 is 1.83 bits per heavy atom. The molecule has 1 saturated heterocycles. The van der Waals surface area contributed by atoms with Gasteiger partial charge in [-0.25, -0.2) is 9.59 Å². The van der Waals surface area contributed by atoms with Crippen LogP contribution in [0.2, 0.25) is 0 Å². The molecule has 1 atom stereocenters. The predicted octanol–water partition coefficient (Wildman–Crippen LogP) is 0.109. The number of hydrogen-bond donors (Lipinski definition) is 4. The van der Waals surface area contributed by atoms with Gasteiger partial charge < -0.3 is 20.8 Å². The number of carbonyl (C=O) groups is 3. The van der Waals surface area contributed by atoms with E-state index < -0.39 is 30.4 Å². The normalized spacial score (nSPS) is 17.8. The zero-order valence-corrected chi connectivity index (χ0v) is 10.5. The first-order valence-electron chi connectivity index (χ1n) is 5.58. The molecular formula is C10H16N2O5S. The Balaban J connectivity index is 2.40. The fourth-order valence-electron chi connectivity index (χ4n) is 1.60. The maximum Gasteiger partial charge on any atom is 0.326 e. The molecule has 0 aromatic heterocycles. The van der Waals surface area contributed by atoms with Gasteiger partial charge >= 0.3 is 18.0 Å². The fourth-order valence-corrected chi connectivity index (χ4v) is 2.71. The number of urea groups is 1. The third-order valence-corrected chi connectivity index (χ3v) is 3.59. The summed E-state index contributed by atoms with van der Waals surface area (Å²) in [6.07, 6.45) is 1.05. The first-order valence-corrected chi connectivity index (χ1v) is 6.74. The number of nitrogens with one attached hydrogen (secondary N) is 2. The Morgan fingerprint density at radius 3 is 2.33 bits per heavy atom. The van der Waals surface area contributed by atoms with Gasteiger partial charge in [-0.1, -0.05) is 0 Å². The van der Waals surface area contributed by atoms with E-state index in [-0.39, 0.29) is 6.04 Å². The van der Waals surface area contributed by atoms with Gasteiger partial charge in [-0.2, -0.15) is 11.8 Å². The first kappa shape index (κ1) is 14.6. The van der Waals surface area contributed by atoms with Crippen molar-refractivity contribution in [2.45, 2.75) is 31.3 Å². The largest absolute Gasteiger partial charge is 0.481 e. The van der Waals surface area contributed by atoms with Crippen LogP contribution in [0.5, 0.6) is 0 Å². The number of carboxylic acid groups (broad SMARTS) is 2. The van der Waals surface area contributed by atoms with Crippen molar-refractivity contribution >= 4 is 29.7 Å². The number of carbonyl (C=O) groups excluding carboxylic acids is 1. The molecule has 4 N–H and O–H groups in total. The molecule has 1 aliphatic heterocycles. The highest BCUT2D eigenvalue weighted by molar-refractivity contribution is 7.99. The quantitative estimate of drug-likeness (QED) is 0.566. The van der Waals surface area contributed by atoms with E-state index in [0.29, 0.717) is 0 Å². The molecule has 1 fully saturated rings. The lowest BCUT2D eigenvalue weighted by Gasteiger charge is -2.23. The van der Waals surface area contributed by atoms with Crippen LogP contribution in [0.4, 0.5) is 4.79 Å². The van der Waals surface area contributed by atoms with E-state index in [1.807, 2.05) is 11.8 Å². The average Bonchev–Trinajstić information content (AvgIpc) is 2.28. The lowest BCUT2D eigenvalue weighted by atomic mass is 10.1. The summed E-state index contributed by atoms with van der Waals surface area (Å²) in [5.74, 6) is -0.700. The maximum absolute atomic E-state index is 11.5. The third kappa shape index (κ3) is 5.26. The van der Waals surface area contributed by atoms with E-state index in [2.05, 4.69) is 10.6 Å². The summed E-state index contributed by atoms with van der Waals surface area (Å²) in [7, 11) is 0. The molecule has 0 aliphatic carbocycles. The summed E-state index contributed by atoms with van der Waals surface area (Å²) < 4.78 is 0. The average molecular weight is 276 g/mol. The molecule has 0 bridgehead atoms. The molecule has 18 heavy (non-hydrogen) atoms. The molecule has 0 saturated carbocycles. The van der Waals surface area contributed by atoms with Crippen LogP contribution in [-0.2, 0) is 9.59 Å². The van der Waals surface area contributed by atoms with Crippen molar-refractivity contribution in [2.75, 3.05) is 11.5 Å². The molecular weight excluding hydrogens is 260 g/mol. The summed E-state index contributed by atoms with van der Waals surface area (Å²) in [6, 6.07) is -1.99. The minimum atomic E-state index is -1.40. The topological polar surface area (TPSA) is 116 Å². The van der Waals surface area contributed by atoms with Gasteiger partial charge in [0.15, 0.2) is 0 Å². The van der Waals surface area contributed by atoms with Gasteiger partial charge in [0.25, 0.3) is 0 Å². The van der Waals surface area contributed by atoms with Crippen LogP contribution in [0.15, 0.2) is 0 Å². The van der Waals surface area contributed by atoms with Gasteiger partial charge in [0.2, 0.25) is 0 Å². The highest BCUT2D eigenvalue weighted by atomic mass is 32.2. The van der Waals surface area contributed by atoms with E-state index in [1.54, 1.807) is 0 Å². The van der Waals surface area contributed by atoms with Crippen LogP contribution in [0, 0.1) is 0 Å². The van der Waals surface area contributed by atoms with Crippen molar-refractivity contribution in [1.82, 2.24) is 10.6 Å². The SMILES string of the molecule is O=C(O)C[C@H](NC(=O)NC1CCSCC1)C(=O)O. The van der Waals surface area contributed by atoms with Crippen LogP contribution < -0.4 is 10.6 Å². The molecule has 7 nitrogen and oxygen atoms in total. The molecule has 0 aromatic carbocycles. The summed E-state index contributed by atoms with van der Waals surface area (Å²) in [5, 5.41) is 22.1. The number of carboxylic acids is 2. The zero-order valence-electron chi connectivity index (χ0n) is 9.72. The van der Waals surface area contributed by atoms with Crippen molar-refractivity contribution in [2.24, 2.45) is 0 Å². The first-order chi connectivity index (χ1) is 8.49. The maximum atomic E-state index is 11.5. The number of rotatable bonds is 5. The smallest absolute Gasteiger partial charge is 0.326 e. The van der Waals surface area contributed by atoms with Gasteiger partial charge in [-0.15, -0.1) is 0 Å². The minimum absolute atomic E-state index is 0.0329. The molecule has 8 heteroatoms. The molecule has 2 amide bonds. The second kappa shape index (κ2) is 7.10. The van der Waals surface area contributed by atoms with Crippen LogP contribution in [-0.4, -0.2) is 51.8 Å². The monoisotopic (exact) mass is 276 g/mol. The van der Waals surface area contributed by atoms with Crippen molar-refractivity contribution < 1.29 is 24.6 Å². The Bertz CT molecular complexity index is 330. The number of aliphatic carboxylic acids is 2. The van der Waals surface area contributed by atoms with Crippen LogP contribution >= 0.6 is 11.8 Å². The summed E-state index contributed by atoms with van der Waals surface area (Å²) in [5.41, 5.74) is 0. The predicted molar refractivity (Wildman–Crippen MR) is 65.7 cm³/mol. The Hall–Kier alpha value is -1.44. The molecule has 102 valence electrons. The molecule has 1 heterocycles. The Labute approximate surface area is 108 Å². The summed E-state index contributed by atoms with van der Waals surface area (Å²) in [6.45, 7) is 0. The second-order valence-corrected chi connectivity index (χ2v) is 5.22. The van der Waals surface area contributed by atoms with E-state index in [4.69, 9.17) is 10.2 Å². The van der Waals surface area contributed by atoms with Crippen LogP contribution in [0.1, 0.15) is 19.3 Å². The van der Waals surface area contributed by atoms with Crippen molar-refractivity contribution in [1.29, 1.82) is 0 Å². The summed E-state index contributed by atoms with van der Waals surface area (Å²) >= 11 is 1.81. The third-order valence-electron chi connectivity index (χ3n) is 2.54. The van der Waals surface area contributed by atoms with Crippen molar-refractivity contribution in [3.63, 3.8) is 0 Å². The number of thioether (sulfide) groups is 1. The Morgan fingerprint density at radius 1 is 1.22 bits per heavy atom. The van der Waals surface area contributed by atoms with E-state index in [9.17, 15) is 14.4 Å². The van der Waals surface area contributed by atoms with Gasteiger partial charge in [-0.05, 0) is 24.3 Å². The van der Waals surface area contributed by atoms with E-state index in [0.717, 1.165) is 24.3 Å². The molecule has 1 aliphatic rings. The number of amides is 2. The second-order valence-electron chi connectivity index (χ2n) is 3.99. The molecule has 0 aromatic rings. The lowest BCUT2D eigenvalue weighted by molar-refractivity contribution is -0.145. The van der Waals surface area contributed by atoms with E-state index >= 15 is 0 Å². The van der Waals surface area contributed by atoms with Gasteiger partial charge in [0.05, 0.1) is 6.42 Å². The van der Waals surface area contributed by atoms with Crippen molar-refractivity contribution in [3.8, 4) is 0 Å². The molecule has 0 spiro atoms. The highest BCUT2D eigenvalue weighted by Crippen LogP contribution is 2.16. The molecule has 1 rings (SSSR count). The molecule has 0 unspecified atom stereocenters. The fraction of sp³-hybridized carbons (Fsp3) is 0.700. The lowest BCUT2D eigenvalue weighted by Crippen LogP contribution is -2.50. The van der Waals surface area contributed by atoms with E-state index in [1.165, 1.54) is 0 Å². The Kier molecular flexibility index (Phi) is 5.76. The number of hydrogen-bond acceptors (Lipinski definition) is 4. The van der Waals surface area contributed by atoms with Gasteiger partial charge in [-0.3, -0.25) is 4.79 Å². The zero-order chi connectivity index (χ0) is 13.5. The van der Waals surface area contributed by atoms with Gasteiger partial charge in [0.1, 0.15) is 6.04 Å². The van der Waals surface area contributed by atoms with Crippen LogP contribution in [0.25, 0.3) is 0 Å². The van der Waals surface area contributed by atoms with Gasteiger partial charge in [0, 0.05) is 6.04 Å². The standard InChI is InChI=1S/C10H16N2O5S/c13-8(14)5-7(9(15)16)12-10(17)11-6-1-3-18-4-2-6/h6-7H,1-5H2,(H,13,14)(H,15,16)(H2,11,12,17)/t7-/m0/s1.